The van der Waals surface area contributed by atoms with E-state index < -0.39 is 0 Å². The molecular weight excluding hydrogens is 250 g/mol. The van der Waals surface area contributed by atoms with Crippen molar-refractivity contribution < 1.29 is 9.47 Å². The molecule has 0 saturated heterocycles. The lowest BCUT2D eigenvalue weighted by Crippen LogP contribution is -1.93. The minimum absolute atomic E-state index is 0.749. The van der Waals surface area contributed by atoms with E-state index in [0.717, 1.165) is 33.5 Å². The summed E-state index contributed by atoms with van der Waals surface area (Å²) >= 11 is 0. The van der Waals surface area contributed by atoms with Crippen molar-refractivity contribution in [1.29, 1.82) is 0 Å². The van der Waals surface area contributed by atoms with E-state index in [0.29, 0.717) is 0 Å². The Balaban J connectivity index is 2.38. The maximum atomic E-state index is 5.49. The third-order valence-corrected chi connectivity index (χ3v) is 3.34. The molecule has 0 spiro atoms. The van der Waals surface area contributed by atoms with Gasteiger partial charge in [0, 0.05) is 6.20 Å². The van der Waals surface area contributed by atoms with Gasteiger partial charge in [-0.25, -0.2) is 0 Å². The Morgan fingerprint density at radius 3 is 2.20 bits per heavy atom. The third kappa shape index (κ3) is 1.97. The first-order valence-corrected chi connectivity index (χ1v) is 6.40. The van der Waals surface area contributed by atoms with Gasteiger partial charge in [-0.15, -0.1) is 0 Å². The summed E-state index contributed by atoms with van der Waals surface area (Å²) in [4.78, 5) is 4.44. The lowest BCUT2D eigenvalue weighted by Gasteiger charge is -2.12. The van der Waals surface area contributed by atoms with Crippen LogP contribution >= 0.6 is 0 Å². The summed E-state index contributed by atoms with van der Waals surface area (Å²) in [5.41, 5.74) is 3.03. The van der Waals surface area contributed by atoms with Crippen molar-refractivity contribution in [1.82, 2.24) is 4.98 Å². The standard InChI is InChI=1S/C17H15NO2/c1-19-14-8-9-15(20-2)17-16(14)13(10-11-18-17)12-6-4-3-5-7-12/h3-11H,1-2H3. The van der Waals surface area contributed by atoms with Gasteiger partial charge in [-0.2, -0.15) is 0 Å². The molecule has 0 amide bonds. The van der Waals surface area contributed by atoms with Gasteiger partial charge in [0.1, 0.15) is 17.0 Å². The van der Waals surface area contributed by atoms with E-state index in [-0.39, 0.29) is 0 Å². The maximum absolute atomic E-state index is 5.49. The lowest BCUT2D eigenvalue weighted by atomic mass is 10.0. The van der Waals surface area contributed by atoms with Gasteiger partial charge in [0.15, 0.2) is 0 Å². The Labute approximate surface area is 117 Å². The molecule has 0 aliphatic rings. The molecule has 3 aromatic rings. The van der Waals surface area contributed by atoms with E-state index >= 15 is 0 Å². The van der Waals surface area contributed by atoms with Crippen LogP contribution in [-0.4, -0.2) is 19.2 Å². The van der Waals surface area contributed by atoms with E-state index in [1.54, 1.807) is 20.4 Å². The number of ether oxygens (including phenoxy) is 2. The van der Waals surface area contributed by atoms with E-state index in [1.165, 1.54) is 0 Å². The molecule has 0 aliphatic heterocycles. The number of pyridine rings is 1. The molecule has 2 aromatic carbocycles. The summed E-state index contributed by atoms with van der Waals surface area (Å²) in [6.45, 7) is 0. The van der Waals surface area contributed by atoms with Gasteiger partial charge >= 0.3 is 0 Å². The summed E-state index contributed by atoms with van der Waals surface area (Å²) in [5, 5.41) is 0.973. The Kier molecular flexibility index (Phi) is 3.25. The zero-order chi connectivity index (χ0) is 13.9. The van der Waals surface area contributed by atoms with Crippen LogP contribution in [0.2, 0.25) is 0 Å². The zero-order valence-corrected chi connectivity index (χ0v) is 11.5. The van der Waals surface area contributed by atoms with Crippen molar-refractivity contribution in [3.05, 3.63) is 54.7 Å². The van der Waals surface area contributed by atoms with Crippen LogP contribution in [0.5, 0.6) is 11.5 Å². The topological polar surface area (TPSA) is 31.4 Å². The lowest BCUT2D eigenvalue weighted by molar-refractivity contribution is 0.410. The summed E-state index contributed by atoms with van der Waals surface area (Å²) in [7, 11) is 3.32. The Hall–Kier alpha value is -2.55. The van der Waals surface area contributed by atoms with Crippen molar-refractivity contribution in [3.63, 3.8) is 0 Å². The second-order valence-corrected chi connectivity index (χ2v) is 4.42. The Morgan fingerprint density at radius 2 is 1.50 bits per heavy atom. The molecule has 0 N–H and O–H groups in total. The van der Waals surface area contributed by atoms with Crippen molar-refractivity contribution in [2.45, 2.75) is 0 Å². The molecule has 1 aromatic heterocycles. The molecule has 3 nitrogen and oxygen atoms in total. The Bertz CT molecular complexity index is 739. The number of hydrogen-bond acceptors (Lipinski definition) is 3. The molecule has 0 saturated carbocycles. The minimum Gasteiger partial charge on any atom is -0.496 e. The van der Waals surface area contributed by atoms with Gasteiger partial charge in [0.25, 0.3) is 0 Å². The van der Waals surface area contributed by atoms with Gasteiger partial charge < -0.3 is 9.47 Å². The highest BCUT2D eigenvalue weighted by Gasteiger charge is 2.13. The summed E-state index contributed by atoms with van der Waals surface area (Å²) in [6.07, 6.45) is 1.80. The quantitative estimate of drug-likeness (QED) is 0.719. The van der Waals surface area contributed by atoms with Crippen molar-refractivity contribution in [3.8, 4) is 22.6 Å². The highest BCUT2D eigenvalue weighted by Crippen LogP contribution is 2.38. The van der Waals surface area contributed by atoms with Crippen molar-refractivity contribution in [2.75, 3.05) is 14.2 Å². The second-order valence-electron chi connectivity index (χ2n) is 4.42. The monoisotopic (exact) mass is 265 g/mol. The van der Waals surface area contributed by atoms with Crippen LogP contribution in [0, 0.1) is 0 Å². The molecule has 0 aliphatic carbocycles. The molecular formula is C17H15NO2. The molecule has 0 unspecified atom stereocenters. The van der Waals surface area contributed by atoms with Gasteiger partial charge in [0.2, 0.25) is 0 Å². The molecule has 20 heavy (non-hydrogen) atoms. The van der Waals surface area contributed by atoms with E-state index in [9.17, 15) is 0 Å². The molecule has 3 rings (SSSR count). The number of benzene rings is 2. The first-order chi connectivity index (χ1) is 9.85. The first-order valence-electron chi connectivity index (χ1n) is 6.40. The second kappa shape index (κ2) is 5.21. The molecule has 0 atom stereocenters. The summed E-state index contributed by atoms with van der Waals surface area (Å²) < 4.78 is 10.9. The normalized spacial score (nSPS) is 10.5. The van der Waals surface area contributed by atoms with Crippen LogP contribution in [0.15, 0.2) is 54.7 Å². The average molecular weight is 265 g/mol. The van der Waals surface area contributed by atoms with Gasteiger partial charge in [0.05, 0.1) is 19.6 Å². The van der Waals surface area contributed by atoms with Crippen LogP contribution in [0.25, 0.3) is 22.0 Å². The molecule has 0 fully saturated rings. The predicted molar refractivity (Wildman–Crippen MR) is 80.3 cm³/mol. The smallest absolute Gasteiger partial charge is 0.145 e. The fourth-order valence-electron chi connectivity index (χ4n) is 2.40. The molecule has 100 valence electrons. The van der Waals surface area contributed by atoms with Crippen LogP contribution in [-0.2, 0) is 0 Å². The Morgan fingerprint density at radius 1 is 0.800 bits per heavy atom. The summed E-state index contributed by atoms with van der Waals surface area (Å²) in [6, 6.07) is 16.0. The molecule has 0 bridgehead atoms. The number of aromatic nitrogens is 1. The van der Waals surface area contributed by atoms with E-state index in [2.05, 4.69) is 17.1 Å². The number of methoxy groups -OCH3 is 2. The van der Waals surface area contributed by atoms with E-state index in [1.807, 2.05) is 36.4 Å². The summed E-state index contributed by atoms with van der Waals surface area (Å²) in [5.74, 6) is 1.55. The fourth-order valence-corrected chi connectivity index (χ4v) is 2.40. The van der Waals surface area contributed by atoms with Gasteiger partial charge in [-0.3, -0.25) is 4.98 Å². The fraction of sp³-hybridized carbons (Fsp3) is 0.118. The first kappa shape index (κ1) is 12.5. The zero-order valence-electron chi connectivity index (χ0n) is 11.5. The predicted octanol–water partition coefficient (Wildman–Crippen LogP) is 3.92. The number of fused-ring (bicyclic) bond motifs is 1. The van der Waals surface area contributed by atoms with Gasteiger partial charge in [-0.05, 0) is 29.3 Å². The minimum atomic E-state index is 0.749. The average Bonchev–Trinajstić information content (AvgIpc) is 2.54. The maximum Gasteiger partial charge on any atom is 0.145 e. The van der Waals surface area contributed by atoms with E-state index in [4.69, 9.17) is 9.47 Å². The molecule has 3 heteroatoms. The van der Waals surface area contributed by atoms with Gasteiger partial charge in [-0.1, -0.05) is 30.3 Å². The van der Waals surface area contributed by atoms with Crippen LogP contribution in [0.3, 0.4) is 0 Å². The third-order valence-electron chi connectivity index (χ3n) is 3.34. The largest absolute Gasteiger partial charge is 0.496 e. The number of rotatable bonds is 3. The van der Waals surface area contributed by atoms with Crippen molar-refractivity contribution >= 4 is 10.9 Å². The number of nitrogens with zero attached hydrogens (tertiary/aromatic N) is 1. The SMILES string of the molecule is COc1ccc(OC)c2c(-c3ccccc3)ccnc12. The highest BCUT2D eigenvalue weighted by molar-refractivity contribution is 6.01. The van der Waals surface area contributed by atoms with Crippen molar-refractivity contribution in [2.24, 2.45) is 0 Å². The highest BCUT2D eigenvalue weighted by atomic mass is 16.5. The number of hydrogen-bond donors (Lipinski definition) is 0. The van der Waals surface area contributed by atoms with Crippen LogP contribution in [0.1, 0.15) is 0 Å². The molecule has 0 radical (unpaired) electrons. The van der Waals surface area contributed by atoms with Crippen LogP contribution in [0.4, 0.5) is 0 Å². The van der Waals surface area contributed by atoms with Crippen LogP contribution < -0.4 is 9.47 Å². The molecule has 1 heterocycles.